The SMILES string of the molecule is Cc1ccc(CC(CN(CC(=O)O)C2CCCC(N(CC(=O)O)CC(=O)O)C2)N(CC(=O)O)CC(=O)O)cc1. The smallest absolute Gasteiger partial charge is 0.317 e. The molecule has 1 aromatic rings. The molecular formula is C26H37N3O10. The third kappa shape index (κ3) is 11.4. The van der Waals surface area contributed by atoms with Crippen LogP contribution >= 0.6 is 0 Å². The first-order valence-corrected chi connectivity index (χ1v) is 12.7. The third-order valence-corrected chi connectivity index (χ3v) is 6.90. The second kappa shape index (κ2) is 15.1. The summed E-state index contributed by atoms with van der Waals surface area (Å²) in [5.74, 6) is -5.90. The molecule has 13 heteroatoms. The molecule has 3 unspecified atom stereocenters. The summed E-state index contributed by atoms with van der Waals surface area (Å²) in [6.45, 7) is -0.477. The van der Waals surface area contributed by atoms with Gasteiger partial charge in [-0.15, -0.1) is 0 Å². The number of carbonyl (C=O) groups is 5. The second-order valence-electron chi connectivity index (χ2n) is 10.0. The van der Waals surface area contributed by atoms with Crippen molar-refractivity contribution in [3.63, 3.8) is 0 Å². The van der Waals surface area contributed by atoms with Crippen LogP contribution in [0.3, 0.4) is 0 Å². The highest BCUT2D eigenvalue weighted by molar-refractivity contribution is 5.73. The predicted octanol–water partition coefficient (Wildman–Crippen LogP) is 0.546. The number of carboxylic acid groups (broad SMARTS) is 5. The fourth-order valence-corrected chi connectivity index (χ4v) is 5.22. The van der Waals surface area contributed by atoms with Crippen molar-refractivity contribution in [3.8, 4) is 0 Å². The summed E-state index contributed by atoms with van der Waals surface area (Å²) in [4.78, 5) is 62.1. The Morgan fingerprint density at radius 3 is 1.62 bits per heavy atom. The molecular weight excluding hydrogens is 514 g/mol. The maximum Gasteiger partial charge on any atom is 0.317 e. The van der Waals surface area contributed by atoms with E-state index in [0.717, 1.165) is 11.1 Å². The summed E-state index contributed by atoms with van der Waals surface area (Å²) in [7, 11) is 0. The monoisotopic (exact) mass is 551 g/mol. The Balaban J connectivity index is 2.37. The molecule has 1 aromatic carbocycles. The van der Waals surface area contributed by atoms with Gasteiger partial charge in [-0.05, 0) is 38.2 Å². The lowest BCUT2D eigenvalue weighted by atomic mass is 9.88. The zero-order valence-corrected chi connectivity index (χ0v) is 21.9. The lowest BCUT2D eigenvalue weighted by Gasteiger charge is -2.42. The molecule has 39 heavy (non-hydrogen) atoms. The molecule has 0 bridgehead atoms. The number of aliphatic carboxylic acids is 5. The Hall–Kier alpha value is -3.55. The van der Waals surface area contributed by atoms with E-state index in [1.807, 2.05) is 31.2 Å². The highest BCUT2D eigenvalue weighted by Gasteiger charge is 2.35. The van der Waals surface area contributed by atoms with Gasteiger partial charge in [-0.1, -0.05) is 36.2 Å². The maximum absolute atomic E-state index is 11.9. The van der Waals surface area contributed by atoms with E-state index in [2.05, 4.69) is 0 Å². The van der Waals surface area contributed by atoms with Crippen LogP contribution in [0.25, 0.3) is 0 Å². The van der Waals surface area contributed by atoms with E-state index in [-0.39, 0.29) is 19.0 Å². The molecule has 3 atom stereocenters. The van der Waals surface area contributed by atoms with Crippen molar-refractivity contribution >= 4 is 29.8 Å². The van der Waals surface area contributed by atoms with Crippen LogP contribution in [-0.2, 0) is 30.4 Å². The minimum absolute atomic E-state index is 0.0516. The van der Waals surface area contributed by atoms with Gasteiger partial charge in [-0.25, -0.2) is 0 Å². The Kier molecular flexibility index (Phi) is 12.3. The summed E-state index contributed by atoms with van der Waals surface area (Å²) < 4.78 is 0. The van der Waals surface area contributed by atoms with Gasteiger partial charge in [-0.3, -0.25) is 38.7 Å². The molecule has 1 aliphatic rings. The van der Waals surface area contributed by atoms with Gasteiger partial charge in [0.25, 0.3) is 0 Å². The lowest BCUT2D eigenvalue weighted by Crippen LogP contribution is -2.54. The lowest BCUT2D eigenvalue weighted by molar-refractivity contribution is -0.146. The molecule has 0 saturated heterocycles. The van der Waals surface area contributed by atoms with E-state index in [4.69, 9.17) is 0 Å². The summed E-state index contributed by atoms with van der Waals surface area (Å²) in [5, 5.41) is 47.2. The van der Waals surface area contributed by atoms with Gasteiger partial charge < -0.3 is 25.5 Å². The maximum atomic E-state index is 11.9. The molecule has 0 spiro atoms. The zero-order valence-electron chi connectivity index (χ0n) is 21.9. The minimum Gasteiger partial charge on any atom is -0.480 e. The van der Waals surface area contributed by atoms with Crippen molar-refractivity contribution in [2.45, 2.75) is 57.2 Å². The summed E-state index contributed by atoms with van der Waals surface area (Å²) in [6, 6.07) is 6.05. The Bertz CT molecular complexity index is 984. The Morgan fingerprint density at radius 2 is 1.15 bits per heavy atom. The molecule has 216 valence electrons. The first-order valence-electron chi connectivity index (χ1n) is 12.7. The Labute approximate surface area is 226 Å². The minimum atomic E-state index is -1.22. The fourth-order valence-electron chi connectivity index (χ4n) is 5.22. The molecule has 0 radical (unpaired) electrons. The van der Waals surface area contributed by atoms with Gasteiger partial charge in [0.15, 0.2) is 0 Å². The molecule has 0 aromatic heterocycles. The van der Waals surface area contributed by atoms with Crippen molar-refractivity contribution < 1.29 is 49.5 Å². The third-order valence-electron chi connectivity index (χ3n) is 6.90. The molecule has 1 saturated carbocycles. The summed E-state index contributed by atoms with van der Waals surface area (Å²) in [5.41, 5.74) is 1.84. The van der Waals surface area contributed by atoms with Crippen LogP contribution in [0.1, 0.15) is 36.8 Å². The number of carboxylic acids is 5. The van der Waals surface area contributed by atoms with Crippen molar-refractivity contribution in [2.75, 3.05) is 39.3 Å². The average Bonchev–Trinajstić information content (AvgIpc) is 2.82. The summed E-state index contributed by atoms with van der Waals surface area (Å²) in [6.07, 6.45) is 2.33. The second-order valence-corrected chi connectivity index (χ2v) is 10.0. The van der Waals surface area contributed by atoms with E-state index in [1.54, 1.807) is 4.90 Å². The van der Waals surface area contributed by atoms with Crippen molar-refractivity contribution in [1.29, 1.82) is 0 Å². The van der Waals surface area contributed by atoms with E-state index < -0.39 is 74.7 Å². The topological polar surface area (TPSA) is 196 Å². The van der Waals surface area contributed by atoms with Gasteiger partial charge in [0.05, 0.1) is 32.7 Å². The molecule has 0 amide bonds. The molecule has 1 aliphatic carbocycles. The van der Waals surface area contributed by atoms with E-state index >= 15 is 0 Å². The number of hydrogen-bond acceptors (Lipinski definition) is 8. The fraction of sp³-hybridized carbons (Fsp3) is 0.577. The molecule has 2 rings (SSSR count). The van der Waals surface area contributed by atoms with Gasteiger partial charge in [-0.2, -0.15) is 0 Å². The van der Waals surface area contributed by atoms with Crippen LogP contribution in [-0.4, -0.2) is 127 Å². The van der Waals surface area contributed by atoms with Crippen LogP contribution in [0.5, 0.6) is 0 Å². The molecule has 1 fully saturated rings. The Morgan fingerprint density at radius 1 is 0.718 bits per heavy atom. The van der Waals surface area contributed by atoms with Crippen LogP contribution in [0, 0.1) is 6.92 Å². The highest BCUT2D eigenvalue weighted by atomic mass is 16.4. The van der Waals surface area contributed by atoms with E-state index in [1.165, 1.54) is 9.80 Å². The van der Waals surface area contributed by atoms with Crippen molar-refractivity contribution in [3.05, 3.63) is 35.4 Å². The number of benzene rings is 1. The van der Waals surface area contributed by atoms with Crippen molar-refractivity contribution in [1.82, 2.24) is 14.7 Å². The quantitative estimate of drug-likeness (QED) is 0.180. The van der Waals surface area contributed by atoms with Gasteiger partial charge in [0, 0.05) is 24.7 Å². The van der Waals surface area contributed by atoms with Crippen molar-refractivity contribution in [2.24, 2.45) is 0 Å². The zero-order chi connectivity index (χ0) is 29.1. The van der Waals surface area contributed by atoms with Gasteiger partial charge in [0.1, 0.15) is 0 Å². The normalized spacial score (nSPS) is 18.3. The molecule has 0 aliphatic heterocycles. The van der Waals surface area contributed by atoms with Crippen LogP contribution < -0.4 is 0 Å². The largest absolute Gasteiger partial charge is 0.480 e. The highest BCUT2D eigenvalue weighted by Crippen LogP contribution is 2.28. The van der Waals surface area contributed by atoms with Gasteiger partial charge in [0.2, 0.25) is 0 Å². The first kappa shape index (κ1) is 31.7. The van der Waals surface area contributed by atoms with Crippen LogP contribution in [0.4, 0.5) is 0 Å². The van der Waals surface area contributed by atoms with Gasteiger partial charge >= 0.3 is 29.8 Å². The molecule has 13 nitrogen and oxygen atoms in total. The number of rotatable bonds is 17. The predicted molar refractivity (Wildman–Crippen MR) is 138 cm³/mol. The molecule has 5 N–H and O–H groups in total. The first-order chi connectivity index (χ1) is 18.3. The van der Waals surface area contributed by atoms with E-state index in [9.17, 15) is 49.5 Å². The standard InChI is InChI=1S/C26H37N3O10/c1-17-5-7-18(8-6-17)9-21(29(15-25(36)37)16-26(38)39)11-27(12-22(30)31)19-3-2-4-20(10-19)28(13-23(32)33)14-24(34)35/h5-8,19-21H,2-4,9-16H2,1H3,(H,30,31)(H,32,33)(H,34,35)(H,36,37)(H,38,39). The van der Waals surface area contributed by atoms with E-state index in [0.29, 0.717) is 25.7 Å². The number of hydrogen-bond donors (Lipinski definition) is 5. The number of aryl methyl sites for hydroxylation is 1. The van der Waals surface area contributed by atoms with Crippen LogP contribution in [0.15, 0.2) is 24.3 Å². The van der Waals surface area contributed by atoms with Crippen LogP contribution in [0.2, 0.25) is 0 Å². The molecule has 0 heterocycles. The average molecular weight is 552 g/mol. The summed E-state index contributed by atoms with van der Waals surface area (Å²) >= 11 is 0. The number of nitrogens with zero attached hydrogens (tertiary/aromatic N) is 3.